The zero-order valence-corrected chi connectivity index (χ0v) is 32.8. The molecule has 0 aliphatic heterocycles. The molecule has 4 rings (SSSR count). The van der Waals surface area contributed by atoms with Crippen LogP contribution in [-0.4, -0.2) is 85.5 Å². The lowest BCUT2D eigenvalue weighted by molar-refractivity contribution is 0.0206. The molecule has 0 spiro atoms. The molecule has 296 valence electrons. The quantitative estimate of drug-likeness (QED) is 0.121. The number of aromatic nitrogens is 3. The van der Waals surface area contributed by atoms with Gasteiger partial charge in [0, 0.05) is 6.26 Å². The summed E-state index contributed by atoms with van der Waals surface area (Å²) in [6.45, 7) is 7.51. The van der Waals surface area contributed by atoms with Crippen LogP contribution in [0.3, 0.4) is 0 Å². The Labute approximate surface area is 317 Å². The Hall–Kier alpha value is -5.30. The molecule has 2 N–H and O–H groups in total. The zero-order chi connectivity index (χ0) is 41.0. The third kappa shape index (κ3) is 9.51. The Bertz CT molecular complexity index is 2470. The van der Waals surface area contributed by atoms with Crippen LogP contribution in [0.5, 0.6) is 11.5 Å². The fourth-order valence-corrected chi connectivity index (χ4v) is 8.13. The number of sulfone groups is 2. The van der Waals surface area contributed by atoms with Crippen LogP contribution in [0.2, 0.25) is 0 Å². The van der Waals surface area contributed by atoms with E-state index in [0.29, 0.717) is 41.7 Å². The Morgan fingerprint density at radius 1 is 0.727 bits per heavy atom. The molecule has 0 saturated heterocycles. The van der Waals surface area contributed by atoms with Crippen molar-refractivity contribution in [3.63, 3.8) is 0 Å². The molecule has 2 unspecified atom stereocenters. The number of aryl methyl sites for hydroxylation is 4. The fourth-order valence-electron chi connectivity index (χ4n) is 5.90. The van der Waals surface area contributed by atoms with E-state index in [1.54, 1.807) is 27.7 Å². The fraction of sp³-hybridized carbons (Fsp3) is 0.351. The smallest absolute Gasteiger partial charge is 0.338 e. The number of rotatable bonds is 16. The van der Waals surface area contributed by atoms with E-state index in [0.717, 1.165) is 6.26 Å². The summed E-state index contributed by atoms with van der Waals surface area (Å²) < 4.78 is 68.6. The number of ether oxygens (including phenoxy) is 3. The number of hydrogen-bond donors (Lipinski definition) is 2. The second kappa shape index (κ2) is 17.0. The van der Waals surface area contributed by atoms with Crippen molar-refractivity contribution >= 4 is 25.6 Å². The number of aliphatic hydroxyl groups is 2. The van der Waals surface area contributed by atoms with E-state index >= 15 is 0 Å². The topological polar surface area (TPSA) is 219 Å². The maximum atomic E-state index is 13.6. The van der Waals surface area contributed by atoms with Crippen molar-refractivity contribution in [3.05, 3.63) is 120 Å². The van der Waals surface area contributed by atoms with Gasteiger partial charge in [-0.05, 0) is 98.5 Å². The van der Waals surface area contributed by atoms with Gasteiger partial charge in [-0.2, -0.15) is 0 Å². The van der Waals surface area contributed by atoms with Crippen molar-refractivity contribution in [2.45, 2.75) is 74.2 Å². The van der Waals surface area contributed by atoms with Gasteiger partial charge in [0.15, 0.2) is 9.84 Å². The molecule has 0 aliphatic carbocycles. The summed E-state index contributed by atoms with van der Waals surface area (Å²) in [6, 6.07) is 10.8. The van der Waals surface area contributed by atoms with Gasteiger partial charge in [-0.3, -0.25) is 0 Å². The summed E-state index contributed by atoms with van der Waals surface area (Å²) >= 11 is 0. The Morgan fingerprint density at radius 2 is 1.16 bits per heavy atom. The largest absolute Gasteiger partial charge is 0.496 e. The second-order valence-corrected chi connectivity index (χ2v) is 16.9. The molecular weight excluding hydrogens is 759 g/mol. The molecule has 0 aliphatic rings. The van der Waals surface area contributed by atoms with Crippen molar-refractivity contribution in [1.29, 1.82) is 0 Å². The summed E-state index contributed by atoms with van der Waals surface area (Å²) in [7, 11) is -5.93. The number of aliphatic hydroxyl groups excluding tert-OH is 2. The standard InChI is InChI=1S/C37H43N3O13S2/c1-8-13-38-35(44)39(37(46)40(36(38)45)19-28(42)21-53-34(43)26-9-11-29(12-10-26)54(7,47)48)18-27(41)20-52-33-24(4)16-31(17-25(33)5)55(49,50)30-14-22(2)32(51-6)23(3)15-30/h8-12,14-17,27-28,41-42H,1,13,18-21H2,2-7H3. The summed E-state index contributed by atoms with van der Waals surface area (Å²) in [5.41, 5.74) is -1.13. The van der Waals surface area contributed by atoms with Crippen molar-refractivity contribution < 1.29 is 46.1 Å². The minimum absolute atomic E-state index is 0.0140. The van der Waals surface area contributed by atoms with Crippen LogP contribution in [-0.2, 0) is 44.0 Å². The molecule has 2 atom stereocenters. The molecule has 0 saturated carbocycles. The molecule has 0 radical (unpaired) electrons. The third-order valence-corrected chi connectivity index (χ3v) is 11.4. The lowest BCUT2D eigenvalue weighted by atomic mass is 10.1. The first-order valence-electron chi connectivity index (χ1n) is 16.7. The Morgan fingerprint density at radius 3 is 1.60 bits per heavy atom. The molecule has 16 nitrogen and oxygen atoms in total. The molecule has 55 heavy (non-hydrogen) atoms. The van der Waals surface area contributed by atoms with Gasteiger partial charge in [0.1, 0.15) is 36.9 Å². The highest BCUT2D eigenvalue weighted by Crippen LogP contribution is 2.33. The zero-order valence-electron chi connectivity index (χ0n) is 31.1. The van der Waals surface area contributed by atoms with Gasteiger partial charge in [0.2, 0.25) is 9.84 Å². The Balaban J connectivity index is 1.51. The normalized spacial score (nSPS) is 12.9. The van der Waals surface area contributed by atoms with Crippen LogP contribution in [0.15, 0.2) is 90.3 Å². The van der Waals surface area contributed by atoms with E-state index in [9.17, 15) is 46.2 Å². The molecule has 3 aromatic carbocycles. The molecule has 1 aromatic heterocycles. The van der Waals surface area contributed by atoms with Crippen LogP contribution in [0.4, 0.5) is 0 Å². The van der Waals surface area contributed by atoms with Crippen LogP contribution >= 0.6 is 0 Å². The predicted molar refractivity (Wildman–Crippen MR) is 201 cm³/mol. The summed E-state index contributed by atoms with van der Waals surface area (Å²) in [5.74, 6) is -0.0533. The van der Waals surface area contributed by atoms with Crippen molar-refractivity contribution in [2.75, 3.05) is 26.6 Å². The maximum Gasteiger partial charge on any atom is 0.338 e. The van der Waals surface area contributed by atoms with E-state index < -0.39 is 81.2 Å². The minimum atomic E-state index is -3.94. The van der Waals surface area contributed by atoms with E-state index in [2.05, 4.69) is 6.58 Å². The van der Waals surface area contributed by atoms with Crippen LogP contribution < -0.4 is 26.5 Å². The monoisotopic (exact) mass is 801 g/mol. The van der Waals surface area contributed by atoms with Gasteiger partial charge in [-0.25, -0.2) is 49.7 Å². The first-order valence-corrected chi connectivity index (χ1v) is 20.1. The first kappa shape index (κ1) is 42.4. The summed E-state index contributed by atoms with van der Waals surface area (Å²) in [4.78, 5) is 52.4. The molecule has 0 bridgehead atoms. The number of esters is 1. The number of carbonyl (C=O) groups is 1. The molecule has 4 aromatic rings. The number of methoxy groups -OCH3 is 1. The van der Waals surface area contributed by atoms with E-state index in [4.69, 9.17) is 14.2 Å². The maximum absolute atomic E-state index is 13.6. The van der Waals surface area contributed by atoms with Gasteiger partial charge < -0.3 is 24.4 Å². The highest BCUT2D eigenvalue weighted by atomic mass is 32.2. The van der Waals surface area contributed by atoms with Crippen LogP contribution in [0.25, 0.3) is 0 Å². The van der Waals surface area contributed by atoms with Gasteiger partial charge in [-0.15, -0.1) is 6.58 Å². The number of benzene rings is 3. The highest BCUT2D eigenvalue weighted by molar-refractivity contribution is 7.91. The molecular formula is C37H43N3O13S2. The first-order chi connectivity index (χ1) is 25.7. The average molecular weight is 802 g/mol. The predicted octanol–water partition coefficient (Wildman–Crippen LogP) is 1.49. The summed E-state index contributed by atoms with van der Waals surface area (Å²) in [6.07, 6.45) is -0.843. The molecule has 18 heteroatoms. The Kier molecular flexibility index (Phi) is 13.1. The van der Waals surface area contributed by atoms with E-state index in [1.807, 2.05) is 0 Å². The van der Waals surface area contributed by atoms with Gasteiger partial charge >= 0.3 is 23.0 Å². The number of hydrogen-bond acceptors (Lipinski definition) is 13. The number of allylic oxidation sites excluding steroid dienone is 1. The van der Waals surface area contributed by atoms with E-state index in [1.165, 1.54) is 61.7 Å². The second-order valence-electron chi connectivity index (χ2n) is 13.0. The van der Waals surface area contributed by atoms with Gasteiger partial charge in [0.05, 0.1) is 47.0 Å². The lowest BCUT2D eigenvalue weighted by Crippen LogP contribution is -2.56. The van der Waals surface area contributed by atoms with Gasteiger partial charge in [-0.1, -0.05) is 6.08 Å². The average Bonchev–Trinajstić information content (AvgIpc) is 3.11. The SMILES string of the molecule is C=CCn1c(=O)n(CC(O)COC(=O)c2ccc(S(C)(=O)=O)cc2)c(=O)n(CC(O)COc2c(C)cc(S(=O)(=O)c3cc(C)c(OC)c(C)c3)cc2C)c1=O. The minimum Gasteiger partial charge on any atom is -0.496 e. The summed E-state index contributed by atoms with van der Waals surface area (Å²) in [5, 5.41) is 21.5. The van der Waals surface area contributed by atoms with Crippen molar-refractivity contribution in [2.24, 2.45) is 0 Å². The van der Waals surface area contributed by atoms with E-state index in [-0.39, 0.29) is 32.5 Å². The third-order valence-electron chi connectivity index (χ3n) is 8.52. The number of carbonyl (C=O) groups excluding carboxylic acids is 1. The van der Waals surface area contributed by atoms with Gasteiger partial charge in [0.25, 0.3) is 0 Å². The van der Waals surface area contributed by atoms with Crippen molar-refractivity contribution in [1.82, 2.24) is 13.7 Å². The van der Waals surface area contributed by atoms with Crippen molar-refractivity contribution in [3.8, 4) is 11.5 Å². The highest BCUT2D eigenvalue weighted by Gasteiger charge is 2.24. The van der Waals surface area contributed by atoms with Crippen LogP contribution in [0.1, 0.15) is 32.6 Å². The molecule has 0 amide bonds. The number of nitrogens with zero attached hydrogens (tertiary/aromatic N) is 3. The van der Waals surface area contributed by atoms with Crippen LogP contribution in [0, 0.1) is 27.7 Å². The molecule has 0 fully saturated rings. The lowest BCUT2D eigenvalue weighted by Gasteiger charge is -2.19. The molecule has 1 heterocycles.